The van der Waals surface area contributed by atoms with Gasteiger partial charge in [0.1, 0.15) is 5.76 Å². The van der Waals surface area contributed by atoms with E-state index in [-0.39, 0.29) is 23.0 Å². The van der Waals surface area contributed by atoms with Crippen LogP contribution in [0.5, 0.6) is 0 Å². The van der Waals surface area contributed by atoms with Crippen molar-refractivity contribution in [1.29, 1.82) is 0 Å². The third-order valence-corrected chi connectivity index (χ3v) is 2.52. The maximum absolute atomic E-state index is 10.9. The van der Waals surface area contributed by atoms with Gasteiger partial charge in [0.25, 0.3) is 5.69 Å². The Labute approximate surface area is 107 Å². The minimum atomic E-state index is -1.20. The monoisotopic (exact) mass is 262 g/mol. The molecule has 0 saturated heterocycles. The molecule has 7 nitrogen and oxygen atoms in total. The van der Waals surface area contributed by atoms with Crippen molar-refractivity contribution in [3.63, 3.8) is 0 Å². The van der Waals surface area contributed by atoms with Crippen molar-refractivity contribution in [2.75, 3.05) is 0 Å². The average molecular weight is 262 g/mol. The van der Waals surface area contributed by atoms with Crippen molar-refractivity contribution >= 4 is 11.7 Å². The Balaban J connectivity index is 2.55. The Kier molecular flexibility index (Phi) is 3.04. The van der Waals surface area contributed by atoms with Crippen LogP contribution in [0.1, 0.15) is 21.8 Å². The number of aromatic carboxylic acids is 1. The van der Waals surface area contributed by atoms with Crippen LogP contribution < -0.4 is 0 Å². The van der Waals surface area contributed by atoms with Crippen LogP contribution in [-0.2, 0) is 0 Å². The number of nitrogens with zero attached hydrogens (tertiary/aromatic N) is 2. The summed E-state index contributed by atoms with van der Waals surface area (Å²) in [7, 11) is 0. The van der Waals surface area contributed by atoms with Crippen molar-refractivity contribution in [1.82, 2.24) is 4.98 Å². The summed E-state index contributed by atoms with van der Waals surface area (Å²) < 4.78 is 5.24. The molecule has 2 rings (SSSR count). The lowest BCUT2D eigenvalue weighted by Gasteiger charge is -1.98. The largest absolute Gasteiger partial charge is 0.476 e. The minimum absolute atomic E-state index is 0.0571. The van der Waals surface area contributed by atoms with Crippen molar-refractivity contribution in [3.05, 3.63) is 45.3 Å². The number of nitro groups is 1. The molecule has 98 valence electrons. The SMILES string of the molecule is Cc1cc(-c2nc(C(=O)O)c(C)o2)cc([N+](=O)[O-])c1. The molecule has 0 spiro atoms. The molecule has 1 heterocycles. The molecule has 0 bridgehead atoms. The number of oxazole rings is 1. The second-order valence-electron chi connectivity index (χ2n) is 4.04. The van der Waals surface area contributed by atoms with Crippen LogP contribution >= 0.6 is 0 Å². The van der Waals surface area contributed by atoms with E-state index in [0.717, 1.165) is 0 Å². The van der Waals surface area contributed by atoms with E-state index in [1.807, 2.05) is 0 Å². The molecular weight excluding hydrogens is 252 g/mol. The van der Waals surface area contributed by atoms with E-state index in [0.29, 0.717) is 11.1 Å². The molecule has 2 aromatic rings. The number of non-ortho nitro benzene ring substituents is 1. The van der Waals surface area contributed by atoms with Gasteiger partial charge in [0.2, 0.25) is 5.89 Å². The summed E-state index contributed by atoms with van der Waals surface area (Å²) >= 11 is 0. The van der Waals surface area contributed by atoms with E-state index in [1.165, 1.54) is 19.1 Å². The zero-order chi connectivity index (χ0) is 14.2. The number of hydrogen-bond donors (Lipinski definition) is 1. The summed E-state index contributed by atoms with van der Waals surface area (Å²) in [6, 6.07) is 4.35. The van der Waals surface area contributed by atoms with E-state index in [4.69, 9.17) is 9.52 Å². The maximum atomic E-state index is 10.9. The zero-order valence-corrected chi connectivity index (χ0v) is 10.2. The Hall–Kier alpha value is -2.70. The van der Waals surface area contributed by atoms with Crippen LogP contribution in [0, 0.1) is 24.0 Å². The molecule has 1 aromatic heterocycles. The second-order valence-corrected chi connectivity index (χ2v) is 4.04. The van der Waals surface area contributed by atoms with Crippen molar-refractivity contribution in [2.45, 2.75) is 13.8 Å². The summed E-state index contributed by atoms with van der Waals surface area (Å²) in [4.78, 5) is 25.0. The van der Waals surface area contributed by atoms with Crippen LogP contribution in [0.15, 0.2) is 22.6 Å². The first kappa shape index (κ1) is 12.7. The number of rotatable bonds is 3. The minimum Gasteiger partial charge on any atom is -0.476 e. The molecule has 0 aliphatic rings. The third-order valence-electron chi connectivity index (χ3n) is 2.52. The summed E-state index contributed by atoms with van der Waals surface area (Å²) in [5.74, 6) is -0.983. The molecule has 0 fully saturated rings. The number of carboxylic acid groups (broad SMARTS) is 1. The Morgan fingerprint density at radius 2 is 2.05 bits per heavy atom. The molecule has 0 radical (unpaired) electrons. The summed E-state index contributed by atoms with van der Waals surface area (Å²) in [6.45, 7) is 3.18. The van der Waals surface area contributed by atoms with Gasteiger partial charge in [0, 0.05) is 17.7 Å². The maximum Gasteiger partial charge on any atom is 0.358 e. The van der Waals surface area contributed by atoms with Crippen LogP contribution in [0.25, 0.3) is 11.5 Å². The summed E-state index contributed by atoms with van der Waals surface area (Å²) in [5, 5.41) is 19.7. The topological polar surface area (TPSA) is 106 Å². The Morgan fingerprint density at radius 3 is 2.58 bits per heavy atom. The molecule has 0 amide bonds. The van der Waals surface area contributed by atoms with Gasteiger partial charge in [-0.3, -0.25) is 10.1 Å². The highest BCUT2D eigenvalue weighted by Crippen LogP contribution is 2.26. The number of hydrogen-bond acceptors (Lipinski definition) is 5. The average Bonchev–Trinajstić information content (AvgIpc) is 2.70. The van der Waals surface area contributed by atoms with Crippen LogP contribution in [0.4, 0.5) is 5.69 Å². The normalized spacial score (nSPS) is 10.4. The fourth-order valence-corrected chi connectivity index (χ4v) is 1.71. The number of aromatic nitrogens is 1. The standard InChI is InChI=1S/C12H10N2O5/c1-6-3-8(5-9(4-6)14(17)18)11-13-10(12(15)16)7(2)19-11/h3-5H,1-2H3,(H,15,16). The summed E-state index contributed by atoms with van der Waals surface area (Å²) in [6.07, 6.45) is 0. The first-order valence-corrected chi connectivity index (χ1v) is 5.35. The summed E-state index contributed by atoms with van der Waals surface area (Å²) in [5.41, 5.74) is 0.751. The number of aryl methyl sites for hydroxylation is 2. The molecule has 1 aromatic carbocycles. The fraction of sp³-hybridized carbons (Fsp3) is 0.167. The first-order chi connectivity index (χ1) is 8.88. The van der Waals surface area contributed by atoms with Crippen molar-refractivity contribution in [3.8, 4) is 11.5 Å². The first-order valence-electron chi connectivity index (χ1n) is 5.35. The van der Waals surface area contributed by atoms with Crippen LogP contribution in [0.2, 0.25) is 0 Å². The smallest absolute Gasteiger partial charge is 0.358 e. The molecule has 7 heteroatoms. The van der Waals surface area contributed by atoms with E-state index in [2.05, 4.69) is 4.98 Å². The second kappa shape index (κ2) is 4.52. The van der Waals surface area contributed by atoms with E-state index in [9.17, 15) is 14.9 Å². The van der Waals surface area contributed by atoms with Gasteiger partial charge in [-0.25, -0.2) is 9.78 Å². The van der Waals surface area contributed by atoms with Gasteiger partial charge in [-0.2, -0.15) is 0 Å². The van der Waals surface area contributed by atoms with E-state index >= 15 is 0 Å². The zero-order valence-electron chi connectivity index (χ0n) is 10.2. The Morgan fingerprint density at radius 1 is 1.37 bits per heavy atom. The molecular formula is C12H10N2O5. The predicted octanol–water partition coefficient (Wildman–Crippen LogP) is 2.56. The molecule has 0 aliphatic heterocycles. The lowest BCUT2D eigenvalue weighted by atomic mass is 10.1. The molecule has 0 aliphatic carbocycles. The number of nitro benzene ring substituents is 1. The van der Waals surface area contributed by atoms with Crippen molar-refractivity contribution < 1.29 is 19.2 Å². The van der Waals surface area contributed by atoms with Crippen molar-refractivity contribution in [2.24, 2.45) is 0 Å². The van der Waals surface area contributed by atoms with E-state index in [1.54, 1.807) is 13.0 Å². The lowest BCUT2D eigenvalue weighted by molar-refractivity contribution is -0.384. The highest BCUT2D eigenvalue weighted by molar-refractivity contribution is 5.87. The van der Waals surface area contributed by atoms with Gasteiger partial charge >= 0.3 is 5.97 Å². The van der Waals surface area contributed by atoms with E-state index < -0.39 is 10.9 Å². The molecule has 0 unspecified atom stereocenters. The van der Waals surface area contributed by atoms with Gasteiger partial charge in [-0.1, -0.05) is 0 Å². The van der Waals surface area contributed by atoms with Crippen LogP contribution in [-0.4, -0.2) is 21.0 Å². The molecule has 1 N–H and O–H groups in total. The van der Waals surface area contributed by atoms with Gasteiger partial charge in [0.05, 0.1) is 4.92 Å². The number of carboxylic acids is 1. The highest BCUT2D eigenvalue weighted by atomic mass is 16.6. The third kappa shape index (κ3) is 2.44. The van der Waals surface area contributed by atoms with Crippen LogP contribution in [0.3, 0.4) is 0 Å². The highest BCUT2D eigenvalue weighted by Gasteiger charge is 2.19. The van der Waals surface area contributed by atoms with Gasteiger partial charge in [0.15, 0.2) is 5.69 Å². The molecule has 0 atom stereocenters. The lowest BCUT2D eigenvalue weighted by Crippen LogP contribution is -1.98. The van der Waals surface area contributed by atoms with Gasteiger partial charge < -0.3 is 9.52 Å². The quantitative estimate of drug-likeness (QED) is 0.672. The van der Waals surface area contributed by atoms with Gasteiger partial charge in [-0.15, -0.1) is 0 Å². The van der Waals surface area contributed by atoms with Gasteiger partial charge in [-0.05, 0) is 25.5 Å². The number of benzene rings is 1. The number of carbonyl (C=O) groups is 1. The fourth-order valence-electron chi connectivity index (χ4n) is 1.71. The molecule has 19 heavy (non-hydrogen) atoms. The molecule has 0 saturated carbocycles. The predicted molar refractivity (Wildman–Crippen MR) is 65.0 cm³/mol. The Bertz CT molecular complexity index is 675.